The predicted octanol–water partition coefficient (Wildman–Crippen LogP) is 4.75. The summed E-state index contributed by atoms with van der Waals surface area (Å²) in [5.74, 6) is -1.07. The van der Waals surface area contributed by atoms with Crippen molar-refractivity contribution in [2.45, 2.75) is 13.8 Å². The van der Waals surface area contributed by atoms with Gasteiger partial charge in [-0.15, -0.1) is 0 Å². The Morgan fingerprint density at radius 2 is 2.04 bits per heavy atom. The number of halogens is 2. The van der Waals surface area contributed by atoms with E-state index in [-0.39, 0.29) is 11.1 Å². The summed E-state index contributed by atoms with van der Waals surface area (Å²) in [6.45, 7) is 3.82. The highest BCUT2D eigenvalue weighted by Crippen LogP contribution is 2.21. The molecule has 2 aromatic rings. The van der Waals surface area contributed by atoms with Crippen LogP contribution in [0.1, 0.15) is 16.7 Å². The van der Waals surface area contributed by atoms with Crippen LogP contribution >= 0.6 is 15.9 Å². The van der Waals surface area contributed by atoms with E-state index in [2.05, 4.69) is 21.2 Å². The molecule has 5 heteroatoms. The summed E-state index contributed by atoms with van der Waals surface area (Å²) >= 11 is 3.24. The molecular weight excluding hydrogens is 359 g/mol. The van der Waals surface area contributed by atoms with E-state index >= 15 is 0 Å². The van der Waals surface area contributed by atoms with Gasteiger partial charge >= 0.3 is 0 Å². The molecule has 0 fully saturated rings. The Morgan fingerprint density at radius 1 is 1.30 bits per heavy atom. The van der Waals surface area contributed by atoms with Crippen molar-refractivity contribution < 1.29 is 9.18 Å². The maximum atomic E-state index is 13.8. The van der Waals surface area contributed by atoms with Crippen molar-refractivity contribution in [3.05, 3.63) is 69.0 Å². The number of aryl methyl sites for hydroxylation is 1. The first kappa shape index (κ1) is 16.9. The van der Waals surface area contributed by atoms with Crippen LogP contribution in [0.4, 0.5) is 10.1 Å². The van der Waals surface area contributed by atoms with Gasteiger partial charge in [-0.1, -0.05) is 28.1 Å². The molecule has 0 radical (unpaired) electrons. The van der Waals surface area contributed by atoms with Gasteiger partial charge in [-0.2, -0.15) is 5.26 Å². The molecule has 0 aromatic heterocycles. The molecule has 0 heterocycles. The van der Waals surface area contributed by atoms with Gasteiger partial charge in [0.25, 0.3) is 5.91 Å². The Morgan fingerprint density at radius 3 is 2.74 bits per heavy atom. The van der Waals surface area contributed by atoms with Gasteiger partial charge in [-0.05, 0) is 55.3 Å². The van der Waals surface area contributed by atoms with E-state index in [1.54, 1.807) is 12.1 Å². The minimum atomic E-state index is -0.569. The standard InChI is InChI=1S/C18H14BrFN2O/c1-11-4-3-5-17(12(11)2)22-18(23)14(10-21)8-13-9-15(19)6-7-16(13)20/h3-9H,1-2H3,(H,22,23)/b14-8+. The Labute approximate surface area is 142 Å². The molecule has 1 N–H and O–H groups in total. The van der Waals surface area contributed by atoms with Crippen LogP contribution in [-0.2, 0) is 4.79 Å². The topological polar surface area (TPSA) is 52.9 Å². The molecule has 23 heavy (non-hydrogen) atoms. The molecule has 0 atom stereocenters. The van der Waals surface area contributed by atoms with E-state index in [1.807, 2.05) is 32.0 Å². The molecule has 2 rings (SSSR count). The molecule has 0 bridgehead atoms. The third-order valence-corrected chi connectivity index (χ3v) is 3.97. The normalized spacial score (nSPS) is 11.0. The second-order valence-electron chi connectivity index (χ2n) is 5.04. The third kappa shape index (κ3) is 4.05. The molecule has 0 unspecified atom stereocenters. The van der Waals surface area contributed by atoms with Crippen LogP contribution in [-0.4, -0.2) is 5.91 Å². The summed E-state index contributed by atoms with van der Waals surface area (Å²) in [7, 11) is 0. The van der Waals surface area contributed by atoms with E-state index in [1.165, 1.54) is 18.2 Å². The molecule has 0 saturated carbocycles. The van der Waals surface area contributed by atoms with Gasteiger partial charge in [0.1, 0.15) is 17.5 Å². The number of carbonyl (C=O) groups is 1. The van der Waals surface area contributed by atoms with Crippen LogP contribution in [0, 0.1) is 31.0 Å². The van der Waals surface area contributed by atoms with Crippen LogP contribution in [0.2, 0.25) is 0 Å². The molecule has 2 aromatic carbocycles. The Bertz CT molecular complexity index is 837. The first-order valence-electron chi connectivity index (χ1n) is 6.87. The number of benzene rings is 2. The second kappa shape index (κ2) is 7.21. The van der Waals surface area contributed by atoms with E-state index in [4.69, 9.17) is 0 Å². The number of nitriles is 1. The average molecular weight is 373 g/mol. The molecule has 0 aliphatic carbocycles. The van der Waals surface area contributed by atoms with Crippen molar-refractivity contribution in [2.75, 3.05) is 5.32 Å². The fourth-order valence-corrected chi connectivity index (χ4v) is 2.38. The molecule has 3 nitrogen and oxygen atoms in total. The van der Waals surface area contributed by atoms with Crippen molar-refractivity contribution in [2.24, 2.45) is 0 Å². The molecule has 116 valence electrons. The van der Waals surface area contributed by atoms with Gasteiger partial charge < -0.3 is 5.32 Å². The maximum Gasteiger partial charge on any atom is 0.266 e. The molecule has 0 aliphatic rings. The van der Waals surface area contributed by atoms with Gasteiger partial charge in [0.15, 0.2) is 0 Å². The smallest absolute Gasteiger partial charge is 0.266 e. The number of anilines is 1. The Hall–Kier alpha value is -2.45. The molecule has 1 amide bonds. The van der Waals surface area contributed by atoms with Gasteiger partial charge in [0.2, 0.25) is 0 Å². The summed E-state index contributed by atoms with van der Waals surface area (Å²) in [5.41, 5.74) is 2.59. The van der Waals surface area contributed by atoms with Gasteiger partial charge in [0, 0.05) is 15.7 Å². The lowest BCUT2D eigenvalue weighted by Gasteiger charge is -2.10. The predicted molar refractivity (Wildman–Crippen MR) is 92.2 cm³/mol. The number of nitrogens with one attached hydrogen (secondary N) is 1. The summed E-state index contributed by atoms with van der Waals surface area (Å²) < 4.78 is 14.4. The number of hydrogen-bond acceptors (Lipinski definition) is 2. The quantitative estimate of drug-likeness (QED) is 0.624. The third-order valence-electron chi connectivity index (χ3n) is 3.48. The van der Waals surface area contributed by atoms with Gasteiger partial charge in [-0.3, -0.25) is 4.79 Å². The summed E-state index contributed by atoms with van der Waals surface area (Å²) in [5, 5.41) is 11.9. The van der Waals surface area contributed by atoms with E-state index in [0.29, 0.717) is 10.2 Å². The molecule has 0 saturated heterocycles. The SMILES string of the molecule is Cc1cccc(NC(=O)/C(C#N)=C/c2cc(Br)ccc2F)c1C. The van der Waals surface area contributed by atoms with Crippen LogP contribution in [0.3, 0.4) is 0 Å². The van der Waals surface area contributed by atoms with Gasteiger partial charge in [0.05, 0.1) is 0 Å². The molecule has 0 spiro atoms. The van der Waals surface area contributed by atoms with Crippen molar-refractivity contribution in [1.82, 2.24) is 0 Å². The molecular formula is C18H14BrFN2O. The highest BCUT2D eigenvalue weighted by atomic mass is 79.9. The van der Waals surface area contributed by atoms with Crippen molar-refractivity contribution >= 4 is 33.6 Å². The van der Waals surface area contributed by atoms with Crippen molar-refractivity contribution in [3.8, 4) is 6.07 Å². The lowest BCUT2D eigenvalue weighted by molar-refractivity contribution is -0.112. The monoisotopic (exact) mass is 372 g/mol. The zero-order chi connectivity index (χ0) is 17.0. The minimum absolute atomic E-state index is 0.164. The summed E-state index contributed by atoms with van der Waals surface area (Å²) in [6, 6.07) is 11.7. The fraction of sp³-hybridized carbons (Fsp3) is 0.111. The van der Waals surface area contributed by atoms with Crippen molar-refractivity contribution in [1.29, 1.82) is 5.26 Å². The summed E-state index contributed by atoms with van der Waals surface area (Å²) in [6.07, 6.45) is 1.24. The van der Waals surface area contributed by atoms with Crippen LogP contribution in [0.15, 0.2) is 46.4 Å². The second-order valence-corrected chi connectivity index (χ2v) is 5.95. The Balaban J connectivity index is 2.32. The number of nitrogens with zero attached hydrogens (tertiary/aromatic N) is 1. The zero-order valence-corrected chi connectivity index (χ0v) is 14.2. The van der Waals surface area contributed by atoms with Crippen LogP contribution in [0.25, 0.3) is 6.08 Å². The number of carbonyl (C=O) groups excluding carboxylic acids is 1. The van der Waals surface area contributed by atoms with E-state index < -0.39 is 11.7 Å². The minimum Gasteiger partial charge on any atom is -0.321 e. The van der Waals surface area contributed by atoms with Crippen LogP contribution < -0.4 is 5.32 Å². The lowest BCUT2D eigenvalue weighted by atomic mass is 10.1. The molecule has 0 aliphatic heterocycles. The van der Waals surface area contributed by atoms with Gasteiger partial charge in [-0.25, -0.2) is 4.39 Å². The number of rotatable bonds is 3. The largest absolute Gasteiger partial charge is 0.321 e. The summed E-state index contributed by atoms with van der Waals surface area (Å²) in [4.78, 5) is 12.3. The Kier molecular flexibility index (Phi) is 5.30. The fourth-order valence-electron chi connectivity index (χ4n) is 2.01. The first-order chi connectivity index (χ1) is 10.9. The highest BCUT2D eigenvalue weighted by molar-refractivity contribution is 9.10. The van der Waals surface area contributed by atoms with E-state index in [0.717, 1.165) is 11.1 Å². The zero-order valence-electron chi connectivity index (χ0n) is 12.7. The average Bonchev–Trinajstić information content (AvgIpc) is 2.52. The number of hydrogen-bond donors (Lipinski definition) is 1. The number of amides is 1. The highest BCUT2D eigenvalue weighted by Gasteiger charge is 2.12. The maximum absolute atomic E-state index is 13.8. The lowest BCUT2D eigenvalue weighted by Crippen LogP contribution is -2.14. The van der Waals surface area contributed by atoms with E-state index in [9.17, 15) is 14.4 Å². The first-order valence-corrected chi connectivity index (χ1v) is 7.66. The van der Waals surface area contributed by atoms with Crippen LogP contribution in [0.5, 0.6) is 0 Å². The van der Waals surface area contributed by atoms with Crippen molar-refractivity contribution in [3.63, 3.8) is 0 Å².